The van der Waals surface area contributed by atoms with Crippen molar-refractivity contribution in [2.24, 2.45) is 0 Å². The first-order valence-electron chi connectivity index (χ1n) is 7.94. The third-order valence-electron chi connectivity index (χ3n) is 3.97. The number of nitrogens with one attached hydrogen (secondary N) is 1. The van der Waals surface area contributed by atoms with E-state index in [-0.39, 0.29) is 0 Å². The summed E-state index contributed by atoms with van der Waals surface area (Å²) in [5.41, 5.74) is 5.27. The van der Waals surface area contributed by atoms with Gasteiger partial charge in [0.2, 0.25) is 0 Å². The van der Waals surface area contributed by atoms with E-state index in [1.807, 2.05) is 6.20 Å². The highest BCUT2D eigenvalue weighted by Gasteiger charge is 2.11. The number of hydrogen-bond acceptors (Lipinski definition) is 2. The van der Waals surface area contributed by atoms with E-state index in [1.165, 1.54) is 22.4 Å². The van der Waals surface area contributed by atoms with E-state index in [0.29, 0.717) is 6.04 Å². The summed E-state index contributed by atoms with van der Waals surface area (Å²) in [6.07, 6.45) is 5.09. The fourth-order valence-corrected chi connectivity index (χ4v) is 2.65. The molecule has 1 N–H and O–H groups in total. The third kappa shape index (κ3) is 4.68. The van der Waals surface area contributed by atoms with Gasteiger partial charge in [-0.15, -0.1) is 0 Å². The molecule has 0 radical (unpaired) electrons. The van der Waals surface area contributed by atoms with Crippen molar-refractivity contribution in [3.63, 3.8) is 0 Å². The smallest absolute Gasteiger partial charge is 0.0419 e. The van der Waals surface area contributed by atoms with Crippen LogP contribution < -0.4 is 5.32 Å². The van der Waals surface area contributed by atoms with Crippen LogP contribution in [-0.2, 0) is 19.3 Å². The number of aromatic nitrogens is 1. The van der Waals surface area contributed by atoms with Crippen LogP contribution in [0.4, 0.5) is 0 Å². The number of pyridine rings is 1. The van der Waals surface area contributed by atoms with Gasteiger partial charge in [0, 0.05) is 24.4 Å². The molecule has 0 fully saturated rings. The van der Waals surface area contributed by atoms with Gasteiger partial charge in [0.15, 0.2) is 0 Å². The number of hydrogen-bond donors (Lipinski definition) is 1. The maximum absolute atomic E-state index is 4.60. The second kappa shape index (κ2) is 7.94. The summed E-state index contributed by atoms with van der Waals surface area (Å²) in [7, 11) is 0. The molecule has 0 saturated carbocycles. The second-order valence-electron chi connectivity index (χ2n) is 5.60. The van der Waals surface area contributed by atoms with Gasteiger partial charge in [-0.3, -0.25) is 4.98 Å². The molecule has 2 rings (SSSR count). The Balaban J connectivity index is 2.06. The second-order valence-corrected chi connectivity index (χ2v) is 5.60. The number of aryl methyl sites for hydroxylation is 2. The molecule has 112 valence electrons. The number of nitrogens with zero attached hydrogens (tertiary/aromatic N) is 1. The molecule has 1 aromatic heterocycles. The number of rotatable bonds is 7. The molecule has 2 aromatic rings. The fraction of sp³-hybridized carbons (Fsp3) is 0.421. The van der Waals surface area contributed by atoms with Gasteiger partial charge in [-0.2, -0.15) is 0 Å². The predicted molar refractivity (Wildman–Crippen MR) is 89.7 cm³/mol. The zero-order chi connectivity index (χ0) is 15.1. The Morgan fingerprint density at radius 1 is 1.05 bits per heavy atom. The van der Waals surface area contributed by atoms with E-state index < -0.39 is 0 Å². The topological polar surface area (TPSA) is 24.9 Å². The Morgan fingerprint density at radius 3 is 2.48 bits per heavy atom. The van der Waals surface area contributed by atoms with Crippen molar-refractivity contribution in [1.29, 1.82) is 0 Å². The summed E-state index contributed by atoms with van der Waals surface area (Å²) in [4.78, 5) is 4.60. The van der Waals surface area contributed by atoms with E-state index in [4.69, 9.17) is 0 Å². The molecular formula is C19H26N2. The Kier molecular flexibility index (Phi) is 5.94. The van der Waals surface area contributed by atoms with E-state index in [0.717, 1.165) is 25.8 Å². The minimum atomic E-state index is 0.441. The quantitative estimate of drug-likeness (QED) is 0.837. The summed E-state index contributed by atoms with van der Waals surface area (Å²) in [6.45, 7) is 7.50. The van der Waals surface area contributed by atoms with Gasteiger partial charge in [-0.25, -0.2) is 0 Å². The SMILES string of the molecule is CCNC(Cc1ccc(CC)cn1)Cc1ccccc1C. The largest absolute Gasteiger partial charge is 0.314 e. The highest BCUT2D eigenvalue weighted by Crippen LogP contribution is 2.12. The Bertz CT molecular complexity index is 546. The van der Waals surface area contributed by atoms with Crippen LogP contribution in [0, 0.1) is 6.92 Å². The van der Waals surface area contributed by atoms with Gasteiger partial charge < -0.3 is 5.32 Å². The van der Waals surface area contributed by atoms with E-state index in [9.17, 15) is 0 Å². The molecular weight excluding hydrogens is 256 g/mol. The molecule has 2 nitrogen and oxygen atoms in total. The molecule has 0 amide bonds. The van der Waals surface area contributed by atoms with Crippen LogP contribution in [0.5, 0.6) is 0 Å². The molecule has 2 heteroatoms. The molecule has 0 saturated heterocycles. The van der Waals surface area contributed by atoms with Crippen molar-refractivity contribution in [3.8, 4) is 0 Å². The van der Waals surface area contributed by atoms with Crippen molar-refractivity contribution in [2.45, 2.75) is 46.1 Å². The molecule has 0 bridgehead atoms. The lowest BCUT2D eigenvalue weighted by Crippen LogP contribution is -2.33. The van der Waals surface area contributed by atoms with Gasteiger partial charge in [-0.1, -0.05) is 44.2 Å². The van der Waals surface area contributed by atoms with Crippen LogP contribution in [0.25, 0.3) is 0 Å². The molecule has 1 heterocycles. The van der Waals surface area contributed by atoms with Gasteiger partial charge in [0.25, 0.3) is 0 Å². The van der Waals surface area contributed by atoms with E-state index in [2.05, 4.69) is 67.5 Å². The first-order valence-corrected chi connectivity index (χ1v) is 7.94. The van der Waals surface area contributed by atoms with Crippen molar-refractivity contribution in [2.75, 3.05) is 6.54 Å². The molecule has 1 aromatic carbocycles. The van der Waals surface area contributed by atoms with Crippen LogP contribution in [0.2, 0.25) is 0 Å². The number of likely N-dealkylation sites (N-methyl/N-ethyl adjacent to an activating group) is 1. The first-order chi connectivity index (χ1) is 10.2. The Morgan fingerprint density at radius 2 is 1.86 bits per heavy atom. The maximum atomic E-state index is 4.60. The molecule has 0 spiro atoms. The van der Waals surface area contributed by atoms with Crippen LogP contribution in [-0.4, -0.2) is 17.6 Å². The summed E-state index contributed by atoms with van der Waals surface area (Å²) < 4.78 is 0. The minimum Gasteiger partial charge on any atom is -0.314 e. The van der Waals surface area contributed by atoms with Crippen LogP contribution in [0.3, 0.4) is 0 Å². The van der Waals surface area contributed by atoms with Gasteiger partial charge in [0.05, 0.1) is 0 Å². The molecule has 0 aliphatic carbocycles. The Labute approximate surface area is 128 Å². The van der Waals surface area contributed by atoms with Crippen LogP contribution in [0.15, 0.2) is 42.6 Å². The minimum absolute atomic E-state index is 0.441. The average molecular weight is 282 g/mol. The van der Waals surface area contributed by atoms with Crippen molar-refractivity contribution < 1.29 is 0 Å². The van der Waals surface area contributed by atoms with Crippen LogP contribution in [0.1, 0.15) is 36.2 Å². The lowest BCUT2D eigenvalue weighted by molar-refractivity contribution is 0.515. The molecule has 1 unspecified atom stereocenters. The monoisotopic (exact) mass is 282 g/mol. The third-order valence-corrected chi connectivity index (χ3v) is 3.97. The summed E-state index contributed by atoms with van der Waals surface area (Å²) in [6, 6.07) is 13.4. The molecule has 1 atom stereocenters. The van der Waals surface area contributed by atoms with Gasteiger partial charge in [0.1, 0.15) is 0 Å². The lowest BCUT2D eigenvalue weighted by atomic mass is 9.98. The van der Waals surface area contributed by atoms with Gasteiger partial charge >= 0.3 is 0 Å². The standard InChI is InChI=1S/C19H26N2/c1-4-16-10-11-18(21-14-16)13-19(20-5-2)12-17-9-7-6-8-15(17)3/h6-11,14,19-20H,4-5,12-13H2,1-3H3. The summed E-state index contributed by atoms with van der Waals surface area (Å²) in [5, 5.41) is 3.60. The zero-order valence-corrected chi connectivity index (χ0v) is 13.4. The first kappa shape index (κ1) is 15.7. The molecule has 0 aliphatic heterocycles. The number of benzene rings is 1. The predicted octanol–water partition coefficient (Wildman–Crippen LogP) is 3.72. The molecule has 21 heavy (non-hydrogen) atoms. The zero-order valence-electron chi connectivity index (χ0n) is 13.4. The maximum Gasteiger partial charge on any atom is 0.0419 e. The van der Waals surface area contributed by atoms with Crippen molar-refractivity contribution >= 4 is 0 Å². The van der Waals surface area contributed by atoms with E-state index >= 15 is 0 Å². The van der Waals surface area contributed by atoms with Crippen molar-refractivity contribution in [1.82, 2.24) is 10.3 Å². The highest BCUT2D eigenvalue weighted by molar-refractivity contribution is 5.27. The van der Waals surface area contributed by atoms with Crippen molar-refractivity contribution in [3.05, 3.63) is 65.0 Å². The summed E-state index contributed by atoms with van der Waals surface area (Å²) >= 11 is 0. The van der Waals surface area contributed by atoms with E-state index in [1.54, 1.807) is 0 Å². The lowest BCUT2D eigenvalue weighted by Gasteiger charge is -2.19. The molecule has 0 aliphatic rings. The fourth-order valence-electron chi connectivity index (χ4n) is 2.65. The highest BCUT2D eigenvalue weighted by atomic mass is 14.9. The van der Waals surface area contributed by atoms with Crippen LogP contribution >= 0.6 is 0 Å². The average Bonchev–Trinajstić information content (AvgIpc) is 2.50. The summed E-state index contributed by atoms with van der Waals surface area (Å²) in [5.74, 6) is 0. The van der Waals surface area contributed by atoms with Gasteiger partial charge in [-0.05, 0) is 49.1 Å². The Hall–Kier alpha value is -1.67. The normalized spacial score (nSPS) is 12.3.